The van der Waals surface area contributed by atoms with Crippen LogP contribution in [0.1, 0.15) is 24.5 Å². The Morgan fingerprint density at radius 3 is 2.73 bits per heavy atom. The van der Waals surface area contributed by atoms with Crippen LogP contribution >= 0.6 is 0 Å². The van der Waals surface area contributed by atoms with Gasteiger partial charge in [-0.25, -0.2) is 9.37 Å². The molecule has 5 aromatic rings. The molecule has 0 atom stereocenters. The molecule has 4 heterocycles. The maximum Gasteiger partial charge on any atom is 0.135 e. The molecule has 0 bridgehead atoms. The SMILES string of the molecule is CN(C)CCNc1cc(F)cc(-c2cccc3[nH]c(-c4n[nH]c5ccc(C6CCNCC6)nc45)cc23)c1. The number of piperidine rings is 1. The van der Waals surface area contributed by atoms with Crippen molar-refractivity contribution in [2.75, 3.05) is 45.6 Å². The Morgan fingerprint density at radius 1 is 1.03 bits per heavy atom. The summed E-state index contributed by atoms with van der Waals surface area (Å²) in [6.45, 7) is 3.67. The van der Waals surface area contributed by atoms with Crippen molar-refractivity contribution in [3.63, 3.8) is 0 Å². The van der Waals surface area contributed by atoms with Gasteiger partial charge >= 0.3 is 0 Å². The number of hydrogen-bond donors (Lipinski definition) is 4. The van der Waals surface area contributed by atoms with E-state index < -0.39 is 0 Å². The number of nitrogens with zero attached hydrogens (tertiary/aromatic N) is 3. The predicted octanol–water partition coefficient (Wildman–Crippen LogP) is 5.35. The Labute approximate surface area is 215 Å². The standard InChI is InChI=1S/C29H32FN7/c1-37(2)13-12-32-21-15-19(14-20(30)16-21)22-4-3-5-25-23(22)17-27(33-25)29-28-26(35-36-29)7-6-24(34-28)18-8-10-31-11-9-18/h3-7,14-18,31-33H,8-13H2,1-2H3,(H,35,36). The number of pyridine rings is 1. The Morgan fingerprint density at radius 2 is 1.89 bits per heavy atom. The van der Waals surface area contributed by atoms with E-state index in [0.29, 0.717) is 5.92 Å². The largest absolute Gasteiger partial charge is 0.384 e. The van der Waals surface area contributed by atoms with Gasteiger partial charge in [-0.15, -0.1) is 0 Å². The van der Waals surface area contributed by atoms with Gasteiger partial charge in [-0.05, 0) is 93.6 Å². The number of hydrogen-bond acceptors (Lipinski definition) is 5. The lowest BCUT2D eigenvalue weighted by Crippen LogP contribution is -2.27. The van der Waals surface area contributed by atoms with Gasteiger partial charge in [-0.1, -0.05) is 12.1 Å². The van der Waals surface area contributed by atoms with E-state index in [2.05, 4.69) is 48.9 Å². The van der Waals surface area contributed by atoms with Crippen molar-refractivity contribution in [2.24, 2.45) is 0 Å². The van der Waals surface area contributed by atoms with Crippen LogP contribution in [0.15, 0.2) is 54.6 Å². The smallest absolute Gasteiger partial charge is 0.135 e. The summed E-state index contributed by atoms with van der Waals surface area (Å²) in [6, 6.07) is 17.5. The first kappa shape index (κ1) is 23.6. The predicted molar refractivity (Wildman–Crippen MR) is 148 cm³/mol. The third-order valence-corrected chi connectivity index (χ3v) is 7.20. The fourth-order valence-electron chi connectivity index (χ4n) is 5.25. The molecule has 0 radical (unpaired) electrons. The Bertz CT molecular complexity index is 1550. The molecule has 0 unspecified atom stereocenters. The molecule has 1 aliphatic rings. The zero-order valence-electron chi connectivity index (χ0n) is 21.2. The fraction of sp³-hybridized carbons (Fsp3) is 0.310. The van der Waals surface area contributed by atoms with Gasteiger partial charge in [-0.2, -0.15) is 5.10 Å². The van der Waals surface area contributed by atoms with E-state index in [9.17, 15) is 4.39 Å². The molecular weight excluding hydrogens is 465 g/mol. The van der Waals surface area contributed by atoms with Crippen molar-refractivity contribution in [2.45, 2.75) is 18.8 Å². The summed E-state index contributed by atoms with van der Waals surface area (Å²) in [5.74, 6) is 0.210. The highest BCUT2D eigenvalue weighted by Gasteiger charge is 2.20. The first-order valence-corrected chi connectivity index (χ1v) is 12.9. The third-order valence-electron chi connectivity index (χ3n) is 7.20. The number of aromatic nitrogens is 4. The number of H-pyrrole nitrogens is 2. The Kier molecular flexibility index (Phi) is 6.36. The summed E-state index contributed by atoms with van der Waals surface area (Å²) in [5.41, 5.74) is 8.18. The molecule has 0 amide bonds. The van der Waals surface area contributed by atoms with Crippen LogP contribution in [0.25, 0.3) is 44.5 Å². The summed E-state index contributed by atoms with van der Waals surface area (Å²) in [4.78, 5) is 10.7. The van der Waals surface area contributed by atoms with Crippen LogP contribution in [-0.4, -0.2) is 65.3 Å². The number of fused-ring (bicyclic) bond motifs is 2. The van der Waals surface area contributed by atoms with Crippen LogP contribution in [0.3, 0.4) is 0 Å². The quantitative estimate of drug-likeness (QED) is 0.244. The molecule has 0 spiro atoms. The minimum Gasteiger partial charge on any atom is -0.384 e. The van der Waals surface area contributed by atoms with Gasteiger partial charge in [0.25, 0.3) is 0 Å². The molecule has 3 aromatic heterocycles. The van der Waals surface area contributed by atoms with Crippen LogP contribution < -0.4 is 10.6 Å². The monoisotopic (exact) mass is 497 g/mol. The van der Waals surface area contributed by atoms with Crippen molar-refractivity contribution in [1.82, 2.24) is 30.4 Å². The van der Waals surface area contributed by atoms with Gasteiger partial charge in [0.1, 0.15) is 17.0 Å². The molecular formula is C29H32FN7. The van der Waals surface area contributed by atoms with Crippen LogP contribution in [0.4, 0.5) is 10.1 Å². The van der Waals surface area contributed by atoms with Gasteiger partial charge < -0.3 is 20.5 Å². The van der Waals surface area contributed by atoms with Gasteiger partial charge in [0.15, 0.2) is 0 Å². The van der Waals surface area contributed by atoms with Crippen molar-refractivity contribution in [3.8, 4) is 22.5 Å². The molecule has 1 saturated heterocycles. The van der Waals surface area contributed by atoms with E-state index >= 15 is 0 Å². The average Bonchev–Trinajstić information content (AvgIpc) is 3.52. The highest BCUT2D eigenvalue weighted by molar-refractivity contribution is 6.00. The van der Waals surface area contributed by atoms with E-state index in [1.165, 1.54) is 0 Å². The molecule has 1 fully saturated rings. The summed E-state index contributed by atoms with van der Waals surface area (Å²) in [7, 11) is 4.05. The normalized spacial score (nSPS) is 14.7. The van der Waals surface area contributed by atoms with E-state index in [1.54, 1.807) is 12.1 Å². The minimum absolute atomic E-state index is 0.259. The van der Waals surface area contributed by atoms with Crippen LogP contribution in [0.5, 0.6) is 0 Å². The van der Waals surface area contributed by atoms with Crippen LogP contribution in [-0.2, 0) is 0 Å². The lowest BCUT2D eigenvalue weighted by atomic mass is 9.94. The summed E-state index contributed by atoms with van der Waals surface area (Å²) in [5, 5.41) is 15.6. The van der Waals surface area contributed by atoms with E-state index in [-0.39, 0.29) is 5.82 Å². The van der Waals surface area contributed by atoms with Crippen molar-refractivity contribution < 1.29 is 4.39 Å². The van der Waals surface area contributed by atoms with Crippen LogP contribution in [0.2, 0.25) is 0 Å². The number of aromatic amines is 2. The molecule has 190 valence electrons. The first-order chi connectivity index (χ1) is 18.0. The second-order valence-electron chi connectivity index (χ2n) is 10.1. The lowest BCUT2D eigenvalue weighted by Gasteiger charge is -2.22. The number of rotatable bonds is 7. The van der Waals surface area contributed by atoms with Crippen molar-refractivity contribution >= 4 is 27.6 Å². The van der Waals surface area contributed by atoms with E-state index in [1.807, 2.05) is 38.4 Å². The highest BCUT2D eigenvalue weighted by atomic mass is 19.1. The van der Waals surface area contributed by atoms with Gasteiger partial charge in [0.05, 0.1) is 11.2 Å². The summed E-state index contributed by atoms with van der Waals surface area (Å²) >= 11 is 0. The van der Waals surface area contributed by atoms with Gasteiger partial charge in [0, 0.05) is 41.3 Å². The van der Waals surface area contributed by atoms with Crippen molar-refractivity contribution in [3.05, 3.63) is 66.1 Å². The molecule has 4 N–H and O–H groups in total. The number of halogens is 1. The summed E-state index contributed by atoms with van der Waals surface area (Å²) in [6.07, 6.45) is 2.20. The maximum absolute atomic E-state index is 14.6. The molecule has 8 heteroatoms. The molecule has 6 rings (SSSR count). The number of nitrogens with one attached hydrogen (secondary N) is 4. The molecule has 37 heavy (non-hydrogen) atoms. The Balaban J connectivity index is 1.37. The van der Waals surface area contributed by atoms with E-state index in [4.69, 9.17) is 4.98 Å². The maximum atomic E-state index is 14.6. The zero-order chi connectivity index (χ0) is 25.4. The molecule has 1 aliphatic heterocycles. The molecule has 0 aliphatic carbocycles. The number of likely N-dealkylation sites (N-methyl/N-ethyl adjacent to an activating group) is 1. The number of benzene rings is 2. The fourth-order valence-corrected chi connectivity index (χ4v) is 5.25. The third kappa shape index (κ3) is 4.82. The van der Waals surface area contributed by atoms with E-state index in [0.717, 1.165) is 94.9 Å². The second kappa shape index (κ2) is 9.95. The lowest BCUT2D eigenvalue weighted by molar-refractivity contribution is 0.425. The average molecular weight is 498 g/mol. The van der Waals surface area contributed by atoms with Gasteiger partial charge in [0.2, 0.25) is 0 Å². The number of anilines is 1. The second-order valence-corrected chi connectivity index (χ2v) is 10.1. The molecule has 2 aromatic carbocycles. The van der Waals surface area contributed by atoms with Crippen LogP contribution in [0, 0.1) is 5.82 Å². The first-order valence-electron chi connectivity index (χ1n) is 12.9. The van der Waals surface area contributed by atoms with Gasteiger partial charge in [-0.3, -0.25) is 5.10 Å². The molecule has 0 saturated carbocycles. The minimum atomic E-state index is -0.259. The zero-order valence-corrected chi connectivity index (χ0v) is 21.2. The summed E-state index contributed by atoms with van der Waals surface area (Å²) < 4.78 is 14.6. The Hall–Kier alpha value is -3.75. The van der Waals surface area contributed by atoms with Crippen molar-refractivity contribution in [1.29, 1.82) is 0 Å². The topological polar surface area (TPSA) is 84.7 Å². The highest BCUT2D eigenvalue weighted by Crippen LogP contribution is 2.35. The molecule has 7 nitrogen and oxygen atoms in total.